The van der Waals surface area contributed by atoms with Crippen molar-refractivity contribution in [1.82, 2.24) is 0 Å². The maximum atomic E-state index is 4.41. The van der Waals surface area contributed by atoms with Gasteiger partial charge < -0.3 is 4.99 Å². The van der Waals surface area contributed by atoms with E-state index in [1.54, 1.807) is 7.05 Å². The number of allylic oxidation sites excluding steroid dienone is 3. The summed E-state index contributed by atoms with van der Waals surface area (Å²) in [5, 5.41) is 0. The van der Waals surface area contributed by atoms with Crippen molar-refractivity contribution in [1.29, 1.82) is 0 Å². The molecule has 2 unspecified atom stereocenters. The monoisotopic (exact) mass is 206 g/mol. The van der Waals surface area contributed by atoms with Crippen molar-refractivity contribution in [3.63, 3.8) is 0 Å². The van der Waals surface area contributed by atoms with Crippen molar-refractivity contribution >= 4 is 12.4 Å². The Morgan fingerprint density at radius 3 is 2.67 bits per heavy atom. The molecule has 0 aromatic heterocycles. The largest absolute Gasteiger partial charge is 0.300 e. The SMILES string of the molecule is C=CC(C=NC)CC(C)N=C/C=C\CC. The minimum Gasteiger partial charge on any atom is -0.300 e. The van der Waals surface area contributed by atoms with Crippen molar-refractivity contribution in [2.45, 2.75) is 32.7 Å². The van der Waals surface area contributed by atoms with Gasteiger partial charge in [0, 0.05) is 31.4 Å². The zero-order valence-electron chi connectivity index (χ0n) is 10.1. The van der Waals surface area contributed by atoms with Crippen LogP contribution < -0.4 is 0 Å². The minimum absolute atomic E-state index is 0.313. The molecule has 0 fully saturated rings. The van der Waals surface area contributed by atoms with Crippen LogP contribution in [0.3, 0.4) is 0 Å². The van der Waals surface area contributed by atoms with Gasteiger partial charge in [-0.3, -0.25) is 4.99 Å². The summed E-state index contributed by atoms with van der Waals surface area (Å²) in [7, 11) is 1.79. The highest BCUT2D eigenvalue weighted by Gasteiger charge is 2.05. The molecule has 2 nitrogen and oxygen atoms in total. The van der Waals surface area contributed by atoms with Crippen LogP contribution in [0.1, 0.15) is 26.7 Å². The van der Waals surface area contributed by atoms with Gasteiger partial charge in [-0.25, -0.2) is 0 Å². The molecule has 2 heteroatoms. The normalized spacial score (nSPS) is 16.5. The molecule has 84 valence electrons. The first-order valence-electron chi connectivity index (χ1n) is 5.47. The smallest absolute Gasteiger partial charge is 0.0480 e. The topological polar surface area (TPSA) is 24.7 Å². The molecule has 2 atom stereocenters. The second-order valence-corrected chi connectivity index (χ2v) is 3.53. The lowest BCUT2D eigenvalue weighted by Crippen LogP contribution is -2.08. The predicted octanol–water partition coefficient (Wildman–Crippen LogP) is 3.30. The Bertz CT molecular complexity index is 239. The van der Waals surface area contributed by atoms with E-state index in [1.807, 2.05) is 24.6 Å². The van der Waals surface area contributed by atoms with Crippen molar-refractivity contribution in [2.75, 3.05) is 7.05 Å². The molecule has 0 heterocycles. The van der Waals surface area contributed by atoms with E-state index in [0.29, 0.717) is 12.0 Å². The number of nitrogens with zero attached hydrogens (tertiary/aromatic N) is 2. The van der Waals surface area contributed by atoms with Gasteiger partial charge in [-0.15, -0.1) is 6.58 Å². The summed E-state index contributed by atoms with van der Waals surface area (Å²) in [6, 6.07) is 0.313. The van der Waals surface area contributed by atoms with E-state index in [9.17, 15) is 0 Å². The zero-order chi connectivity index (χ0) is 11.5. The summed E-state index contributed by atoms with van der Waals surface area (Å²) in [5.74, 6) is 0.331. The maximum Gasteiger partial charge on any atom is 0.0480 e. The van der Waals surface area contributed by atoms with Crippen LogP contribution in [0, 0.1) is 5.92 Å². The van der Waals surface area contributed by atoms with Crippen molar-refractivity contribution in [3.8, 4) is 0 Å². The molecule has 0 saturated heterocycles. The van der Waals surface area contributed by atoms with Crippen LogP contribution in [-0.4, -0.2) is 25.5 Å². The lowest BCUT2D eigenvalue weighted by Gasteiger charge is -2.09. The summed E-state index contributed by atoms with van der Waals surface area (Å²) in [6.45, 7) is 8.00. The first-order chi connectivity index (χ1) is 7.24. The van der Waals surface area contributed by atoms with E-state index in [-0.39, 0.29) is 0 Å². The summed E-state index contributed by atoms with van der Waals surface area (Å²) in [6.07, 6.45) is 11.8. The van der Waals surface area contributed by atoms with Crippen LogP contribution in [-0.2, 0) is 0 Å². The quantitative estimate of drug-likeness (QED) is 0.451. The highest BCUT2D eigenvalue weighted by atomic mass is 14.8. The molecule has 0 radical (unpaired) electrons. The minimum atomic E-state index is 0.313. The lowest BCUT2D eigenvalue weighted by molar-refractivity contribution is 0.630. The molecule has 15 heavy (non-hydrogen) atoms. The van der Waals surface area contributed by atoms with E-state index in [1.165, 1.54) is 0 Å². The third kappa shape index (κ3) is 7.86. The van der Waals surface area contributed by atoms with E-state index in [4.69, 9.17) is 0 Å². The molecule has 0 rings (SSSR count). The molecule has 0 aromatic carbocycles. The Morgan fingerprint density at radius 1 is 1.40 bits per heavy atom. The fourth-order valence-electron chi connectivity index (χ4n) is 1.26. The van der Waals surface area contributed by atoms with Gasteiger partial charge in [0.15, 0.2) is 0 Å². The molecular weight excluding hydrogens is 184 g/mol. The first kappa shape index (κ1) is 13.8. The van der Waals surface area contributed by atoms with Gasteiger partial charge in [-0.2, -0.15) is 0 Å². The number of aliphatic imine (C=N–C) groups is 2. The molecule has 0 aliphatic rings. The van der Waals surface area contributed by atoms with Crippen molar-refractivity contribution in [2.24, 2.45) is 15.9 Å². The molecule has 0 amide bonds. The van der Waals surface area contributed by atoms with Crippen LogP contribution in [0.15, 0.2) is 34.8 Å². The number of hydrogen-bond acceptors (Lipinski definition) is 2. The average Bonchev–Trinajstić information content (AvgIpc) is 2.24. The van der Waals surface area contributed by atoms with Crippen LogP contribution >= 0.6 is 0 Å². The Labute approximate surface area is 93.5 Å². The summed E-state index contributed by atoms with van der Waals surface area (Å²) >= 11 is 0. The van der Waals surface area contributed by atoms with Gasteiger partial charge in [0.05, 0.1) is 0 Å². The van der Waals surface area contributed by atoms with Crippen LogP contribution in [0.2, 0.25) is 0 Å². The van der Waals surface area contributed by atoms with Crippen LogP contribution in [0.4, 0.5) is 0 Å². The van der Waals surface area contributed by atoms with Gasteiger partial charge in [-0.05, 0) is 25.8 Å². The summed E-state index contributed by atoms with van der Waals surface area (Å²) < 4.78 is 0. The standard InChI is InChI=1S/C13H22N2/c1-5-7-8-9-15-12(3)10-13(6-2)11-14-4/h6-9,11-13H,2,5,10H2,1,3-4H3/b8-7-,14-11?,15-9?. The highest BCUT2D eigenvalue weighted by Crippen LogP contribution is 2.08. The van der Waals surface area contributed by atoms with E-state index in [2.05, 4.69) is 36.5 Å². The van der Waals surface area contributed by atoms with Gasteiger partial charge in [0.25, 0.3) is 0 Å². The average molecular weight is 206 g/mol. The number of rotatable bonds is 7. The third-order valence-corrected chi connectivity index (χ3v) is 2.05. The lowest BCUT2D eigenvalue weighted by atomic mass is 10.0. The summed E-state index contributed by atoms with van der Waals surface area (Å²) in [5.41, 5.74) is 0. The Balaban J connectivity index is 3.99. The molecule has 0 aromatic rings. The molecular formula is C13H22N2. The van der Waals surface area contributed by atoms with Gasteiger partial charge >= 0.3 is 0 Å². The molecule has 0 aliphatic carbocycles. The van der Waals surface area contributed by atoms with Gasteiger partial charge in [-0.1, -0.05) is 19.1 Å². The first-order valence-corrected chi connectivity index (χ1v) is 5.47. The predicted molar refractivity (Wildman–Crippen MR) is 70.1 cm³/mol. The van der Waals surface area contributed by atoms with Crippen LogP contribution in [0.25, 0.3) is 0 Å². The molecule has 0 bridgehead atoms. The Morgan fingerprint density at radius 2 is 2.13 bits per heavy atom. The zero-order valence-corrected chi connectivity index (χ0v) is 10.1. The second-order valence-electron chi connectivity index (χ2n) is 3.53. The van der Waals surface area contributed by atoms with E-state index >= 15 is 0 Å². The third-order valence-electron chi connectivity index (χ3n) is 2.05. The molecule has 0 saturated carbocycles. The van der Waals surface area contributed by atoms with E-state index in [0.717, 1.165) is 12.8 Å². The highest BCUT2D eigenvalue weighted by molar-refractivity contribution is 5.71. The second kappa shape index (κ2) is 9.38. The number of hydrogen-bond donors (Lipinski definition) is 0. The van der Waals surface area contributed by atoms with Crippen LogP contribution in [0.5, 0.6) is 0 Å². The van der Waals surface area contributed by atoms with Gasteiger partial charge in [0.1, 0.15) is 0 Å². The van der Waals surface area contributed by atoms with Crippen molar-refractivity contribution in [3.05, 3.63) is 24.8 Å². The Kier molecular flexibility index (Phi) is 8.64. The Hall–Kier alpha value is -1.18. The molecule has 0 aliphatic heterocycles. The summed E-state index contributed by atoms with van der Waals surface area (Å²) in [4.78, 5) is 8.42. The fraction of sp³-hybridized carbons (Fsp3) is 0.538. The fourth-order valence-corrected chi connectivity index (χ4v) is 1.26. The molecule has 0 spiro atoms. The van der Waals surface area contributed by atoms with Gasteiger partial charge in [0.2, 0.25) is 0 Å². The van der Waals surface area contributed by atoms with Crippen molar-refractivity contribution < 1.29 is 0 Å². The molecule has 0 N–H and O–H groups in total. The van der Waals surface area contributed by atoms with E-state index < -0.39 is 0 Å². The maximum absolute atomic E-state index is 4.41.